The molecule has 38 heavy (non-hydrogen) atoms. The number of amides is 3. The van der Waals surface area contributed by atoms with E-state index in [4.69, 9.17) is 4.74 Å². The van der Waals surface area contributed by atoms with Crippen molar-refractivity contribution in [2.75, 3.05) is 13.2 Å². The van der Waals surface area contributed by atoms with E-state index in [0.29, 0.717) is 11.1 Å². The molecule has 4 N–H and O–H groups in total. The maximum absolute atomic E-state index is 14.1. The van der Waals surface area contributed by atoms with Crippen LogP contribution in [0.3, 0.4) is 0 Å². The number of nitrogens with one attached hydrogen (secondary N) is 2. The summed E-state index contributed by atoms with van der Waals surface area (Å²) in [5.41, 5.74) is 0.470. The van der Waals surface area contributed by atoms with Gasteiger partial charge >= 0.3 is 6.09 Å². The van der Waals surface area contributed by atoms with Crippen molar-refractivity contribution in [2.45, 2.75) is 77.6 Å². The van der Waals surface area contributed by atoms with Gasteiger partial charge in [0.15, 0.2) is 0 Å². The molecule has 0 aliphatic rings. The summed E-state index contributed by atoms with van der Waals surface area (Å²) in [6.07, 6.45) is 0.946. The Bertz CT molecular complexity index is 1040. The molecule has 3 amide bonds. The molecule has 0 radical (unpaired) electrons. The van der Waals surface area contributed by atoms with E-state index in [1.165, 1.54) is 17.0 Å². The fourth-order valence-corrected chi connectivity index (χ4v) is 4.13. The molecule has 9 nitrogen and oxygen atoms in total. The second-order valence-electron chi connectivity index (χ2n) is 10.3. The van der Waals surface area contributed by atoms with Gasteiger partial charge in [0.05, 0.1) is 6.61 Å². The predicted molar refractivity (Wildman–Crippen MR) is 145 cm³/mol. The van der Waals surface area contributed by atoms with Crippen LogP contribution in [0.1, 0.15) is 64.6 Å². The van der Waals surface area contributed by atoms with E-state index in [9.17, 15) is 24.6 Å². The van der Waals surface area contributed by atoms with E-state index in [1.807, 2.05) is 19.9 Å². The first-order valence-corrected chi connectivity index (χ1v) is 13.0. The number of aliphatic hydroxyl groups is 1. The molecule has 0 aliphatic heterocycles. The van der Waals surface area contributed by atoms with Crippen molar-refractivity contribution in [2.24, 2.45) is 0 Å². The second kappa shape index (κ2) is 14.4. The summed E-state index contributed by atoms with van der Waals surface area (Å²) < 4.78 is 5.40. The third-order valence-electron chi connectivity index (χ3n) is 5.77. The molecule has 0 saturated heterocycles. The highest BCUT2D eigenvalue weighted by molar-refractivity contribution is 5.92. The second-order valence-corrected chi connectivity index (χ2v) is 10.3. The maximum Gasteiger partial charge on any atom is 0.408 e. The van der Waals surface area contributed by atoms with Gasteiger partial charge in [-0.3, -0.25) is 9.59 Å². The number of ether oxygens (including phenoxy) is 1. The minimum atomic E-state index is -1.10. The van der Waals surface area contributed by atoms with Crippen molar-refractivity contribution >= 4 is 17.9 Å². The Morgan fingerprint density at radius 1 is 1.00 bits per heavy atom. The summed E-state index contributed by atoms with van der Waals surface area (Å²) in [5.74, 6) is -0.856. The lowest BCUT2D eigenvalue weighted by molar-refractivity contribution is -0.143. The molecule has 0 spiro atoms. The van der Waals surface area contributed by atoms with Gasteiger partial charge in [0.1, 0.15) is 23.4 Å². The highest BCUT2D eigenvalue weighted by Crippen LogP contribution is 2.24. The number of alkyl carbamates (subject to hydrolysis) is 1. The third kappa shape index (κ3) is 9.70. The molecule has 0 saturated carbocycles. The fourth-order valence-electron chi connectivity index (χ4n) is 4.13. The van der Waals surface area contributed by atoms with Gasteiger partial charge in [-0.1, -0.05) is 55.8 Å². The monoisotopic (exact) mass is 527 g/mol. The number of aliphatic hydroxyl groups excluding tert-OH is 1. The van der Waals surface area contributed by atoms with Crippen LogP contribution in [0.15, 0.2) is 54.6 Å². The molecule has 208 valence electrons. The Morgan fingerprint density at radius 3 is 2.18 bits per heavy atom. The summed E-state index contributed by atoms with van der Waals surface area (Å²) in [5, 5.41) is 25.2. The number of hydrogen-bond donors (Lipinski definition) is 4. The van der Waals surface area contributed by atoms with Crippen LogP contribution in [0.4, 0.5) is 4.79 Å². The molecule has 2 rings (SSSR count). The Balaban J connectivity index is 2.48. The van der Waals surface area contributed by atoms with Gasteiger partial charge in [0.2, 0.25) is 11.8 Å². The lowest BCUT2D eigenvalue weighted by atomic mass is 10.00. The maximum atomic E-state index is 14.1. The molecular formula is C29H41N3O6. The van der Waals surface area contributed by atoms with Crippen LogP contribution in [0.25, 0.3) is 0 Å². The Labute approximate surface area is 225 Å². The first kappa shape index (κ1) is 30.6. The van der Waals surface area contributed by atoms with Crippen LogP contribution < -0.4 is 10.6 Å². The van der Waals surface area contributed by atoms with Gasteiger partial charge in [-0.15, -0.1) is 0 Å². The zero-order valence-corrected chi connectivity index (χ0v) is 22.9. The van der Waals surface area contributed by atoms with E-state index in [2.05, 4.69) is 10.6 Å². The van der Waals surface area contributed by atoms with Crippen molar-refractivity contribution in [1.82, 2.24) is 15.5 Å². The van der Waals surface area contributed by atoms with E-state index in [0.717, 1.165) is 12.8 Å². The number of carbonyl (C=O) groups is 3. The average Bonchev–Trinajstić information content (AvgIpc) is 2.84. The first-order chi connectivity index (χ1) is 17.9. The van der Waals surface area contributed by atoms with Gasteiger partial charge in [-0.25, -0.2) is 4.79 Å². The topological polar surface area (TPSA) is 128 Å². The van der Waals surface area contributed by atoms with Crippen molar-refractivity contribution in [1.29, 1.82) is 0 Å². The van der Waals surface area contributed by atoms with Crippen LogP contribution in [-0.2, 0) is 20.7 Å². The first-order valence-electron chi connectivity index (χ1n) is 13.0. The van der Waals surface area contributed by atoms with E-state index < -0.39 is 29.7 Å². The molecule has 2 aromatic carbocycles. The Morgan fingerprint density at radius 2 is 1.63 bits per heavy atom. The zero-order valence-electron chi connectivity index (χ0n) is 22.9. The summed E-state index contributed by atoms with van der Waals surface area (Å²) in [6, 6.07) is 12.9. The Hall–Kier alpha value is -3.59. The lowest BCUT2D eigenvalue weighted by Gasteiger charge is -2.34. The smallest absolute Gasteiger partial charge is 0.408 e. The van der Waals surface area contributed by atoms with Crippen LogP contribution in [0, 0.1) is 0 Å². The van der Waals surface area contributed by atoms with Gasteiger partial charge in [0.25, 0.3) is 0 Å². The van der Waals surface area contributed by atoms with Gasteiger partial charge in [-0.2, -0.15) is 0 Å². The number of rotatable bonds is 12. The molecule has 0 aromatic heterocycles. The molecule has 2 aromatic rings. The van der Waals surface area contributed by atoms with Gasteiger partial charge in [0, 0.05) is 19.0 Å². The number of aromatic hydroxyl groups is 1. The number of hydrogen-bond acceptors (Lipinski definition) is 6. The highest BCUT2D eigenvalue weighted by atomic mass is 16.6. The van der Waals surface area contributed by atoms with Crippen molar-refractivity contribution in [3.05, 3.63) is 65.7 Å². The standard InChI is InChI=1S/C29H41N3O6/c1-6-10-20(2)30-26(35)25(22-11-8-7-9-12-22)32(17-18-33)27(36)24(31-28(37)38-29(3,4)5)19-21-13-15-23(34)16-14-21/h7-9,11-16,20,24-25,33-34H,6,10,17-19H2,1-5H3,(H,30,35)(H,31,37). The fraction of sp³-hybridized carbons (Fsp3) is 0.483. The van der Waals surface area contributed by atoms with Crippen molar-refractivity contribution in [3.8, 4) is 5.75 Å². The van der Waals surface area contributed by atoms with Crippen LogP contribution in [-0.4, -0.2) is 63.9 Å². The van der Waals surface area contributed by atoms with Crippen LogP contribution in [0.2, 0.25) is 0 Å². The molecular weight excluding hydrogens is 486 g/mol. The normalized spacial score (nSPS) is 13.6. The minimum Gasteiger partial charge on any atom is -0.508 e. The summed E-state index contributed by atoms with van der Waals surface area (Å²) in [6.45, 7) is 8.56. The van der Waals surface area contributed by atoms with Gasteiger partial charge < -0.3 is 30.5 Å². The largest absolute Gasteiger partial charge is 0.508 e. The van der Waals surface area contributed by atoms with Crippen LogP contribution in [0.5, 0.6) is 5.75 Å². The van der Waals surface area contributed by atoms with Crippen LogP contribution >= 0.6 is 0 Å². The number of nitrogens with zero attached hydrogens (tertiary/aromatic N) is 1. The summed E-state index contributed by atoms with van der Waals surface area (Å²) in [7, 11) is 0. The molecule has 0 fully saturated rings. The zero-order chi connectivity index (χ0) is 28.3. The molecule has 0 bridgehead atoms. The van der Waals surface area contributed by atoms with E-state index in [-0.39, 0.29) is 37.3 Å². The minimum absolute atomic E-state index is 0.0700. The van der Waals surface area contributed by atoms with Gasteiger partial charge in [-0.05, 0) is 57.4 Å². The molecule has 0 aliphatic carbocycles. The lowest BCUT2D eigenvalue weighted by Crippen LogP contribution is -2.55. The highest BCUT2D eigenvalue weighted by Gasteiger charge is 2.36. The van der Waals surface area contributed by atoms with Crippen molar-refractivity contribution in [3.63, 3.8) is 0 Å². The summed E-state index contributed by atoms with van der Waals surface area (Å²) in [4.78, 5) is 41.6. The molecule has 0 heterocycles. The third-order valence-corrected chi connectivity index (χ3v) is 5.77. The number of carbonyl (C=O) groups excluding carboxylic acids is 3. The molecule has 9 heteroatoms. The quantitative estimate of drug-likeness (QED) is 0.333. The van der Waals surface area contributed by atoms with Crippen molar-refractivity contribution < 1.29 is 29.3 Å². The van der Waals surface area contributed by atoms with E-state index in [1.54, 1.807) is 57.2 Å². The number of phenols is 1. The molecule has 3 atom stereocenters. The number of benzene rings is 2. The number of phenolic OH excluding ortho intramolecular Hbond substituents is 1. The predicted octanol–water partition coefficient (Wildman–Crippen LogP) is 3.70. The Kier molecular flexibility index (Phi) is 11.6. The molecule has 3 unspecified atom stereocenters. The van der Waals surface area contributed by atoms with E-state index >= 15 is 0 Å². The average molecular weight is 528 g/mol. The summed E-state index contributed by atoms with van der Waals surface area (Å²) >= 11 is 0. The SMILES string of the molecule is CCCC(C)NC(=O)C(c1ccccc1)N(CCO)C(=O)C(Cc1ccc(O)cc1)NC(=O)OC(C)(C)C.